The Morgan fingerprint density at radius 1 is 1.56 bits per heavy atom. The van der Waals surface area contributed by atoms with Crippen molar-refractivity contribution in [3.63, 3.8) is 0 Å². The number of aromatic amines is 1. The molecule has 0 fully saturated rings. The van der Waals surface area contributed by atoms with Crippen molar-refractivity contribution in [2.75, 3.05) is 0 Å². The van der Waals surface area contributed by atoms with E-state index in [-0.39, 0.29) is 5.56 Å². The molecule has 0 saturated carbocycles. The number of nitrogens with zero attached hydrogens (tertiary/aromatic N) is 1. The summed E-state index contributed by atoms with van der Waals surface area (Å²) in [6.45, 7) is 1.92. The molecule has 0 aromatic carbocycles. The van der Waals surface area contributed by atoms with E-state index in [9.17, 15) is 9.59 Å². The summed E-state index contributed by atoms with van der Waals surface area (Å²) in [7, 11) is 0. The molecule has 2 N–H and O–H groups in total. The van der Waals surface area contributed by atoms with Gasteiger partial charge in [-0.3, -0.25) is 9.78 Å². The van der Waals surface area contributed by atoms with Crippen LogP contribution in [0.2, 0.25) is 0 Å². The molecule has 0 saturated heterocycles. The summed E-state index contributed by atoms with van der Waals surface area (Å²) >= 11 is 0. The predicted molar refractivity (Wildman–Crippen MR) is 58.7 cm³/mol. The zero-order chi connectivity index (χ0) is 11.7. The first-order valence-electron chi connectivity index (χ1n) is 4.87. The molecular weight excluding hydrogens is 208 g/mol. The molecule has 0 aliphatic heterocycles. The number of carbonyl (C=O) groups is 1. The summed E-state index contributed by atoms with van der Waals surface area (Å²) in [5.41, 5.74) is 0.590. The van der Waals surface area contributed by atoms with Crippen LogP contribution in [0.25, 0.3) is 10.9 Å². The van der Waals surface area contributed by atoms with E-state index in [4.69, 9.17) is 5.11 Å². The third kappa shape index (κ3) is 1.56. The highest BCUT2D eigenvalue weighted by Gasteiger charge is 2.11. The van der Waals surface area contributed by atoms with Crippen LogP contribution in [-0.4, -0.2) is 21.0 Å². The fourth-order valence-corrected chi connectivity index (χ4v) is 1.51. The van der Waals surface area contributed by atoms with E-state index >= 15 is 0 Å². The van der Waals surface area contributed by atoms with E-state index in [1.807, 2.05) is 6.92 Å². The molecule has 0 aliphatic carbocycles. The van der Waals surface area contributed by atoms with Gasteiger partial charge in [-0.25, -0.2) is 4.79 Å². The molecule has 0 aliphatic rings. The lowest BCUT2D eigenvalue weighted by Crippen LogP contribution is -2.15. The summed E-state index contributed by atoms with van der Waals surface area (Å²) in [6, 6.07) is 1.63. The zero-order valence-corrected chi connectivity index (χ0v) is 8.65. The molecule has 0 amide bonds. The van der Waals surface area contributed by atoms with E-state index in [1.54, 1.807) is 12.3 Å². The van der Waals surface area contributed by atoms with Gasteiger partial charge in [-0.2, -0.15) is 0 Å². The molecule has 82 valence electrons. The van der Waals surface area contributed by atoms with Crippen LogP contribution in [0, 0.1) is 0 Å². The van der Waals surface area contributed by atoms with Gasteiger partial charge in [0.2, 0.25) is 5.43 Å². The summed E-state index contributed by atoms with van der Waals surface area (Å²) in [4.78, 5) is 29.5. The first-order valence-corrected chi connectivity index (χ1v) is 4.87. The van der Waals surface area contributed by atoms with Gasteiger partial charge in [0.15, 0.2) is 0 Å². The van der Waals surface area contributed by atoms with Gasteiger partial charge in [-0.1, -0.05) is 6.92 Å². The maximum atomic E-state index is 11.8. The minimum absolute atomic E-state index is 0.249. The fourth-order valence-electron chi connectivity index (χ4n) is 1.51. The van der Waals surface area contributed by atoms with Crippen molar-refractivity contribution in [3.05, 3.63) is 39.9 Å². The molecule has 0 unspecified atom stereocenters. The standard InChI is InChI=1S/C11H10N2O3/c1-2-6-3-7-9(5-12-6)13-4-8(10(7)14)11(15)16/h3-5H,2H2,1H3,(H,13,14)(H,15,16). The number of rotatable bonds is 2. The first kappa shape index (κ1) is 10.4. The number of aromatic carboxylic acids is 1. The maximum absolute atomic E-state index is 11.8. The average Bonchev–Trinajstić information content (AvgIpc) is 2.28. The number of hydrogen-bond acceptors (Lipinski definition) is 3. The monoisotopic (exact) mass is 218 g/mol. The number of H-pyrrole nitrogens is 1. The van der Waals surface area contributed by atoms with Crippen LogP contribution >= 0.6 is 0 Å². The Bertz CT molecular complexity index is 616. The number of carboxylic acid groups (broad SMARTS) is 1. The average molecular weight is 218 g/mol. The van der Waals surface area contributed by atoms with E-state index in [0.717, 1.165) is 5.69 Å². The zero-order valence-electron chi connectivity index (χ0n) is 8.65. The normalized spacial score (nSPS) is 10.6. The van der Waals surface area contributed by atoms with Crippen molar-refractivity contribution in [1.82, 2.24) is 9.97 Å². The van der Waals surface area contributed by atoms with Gasteiger partial charge in [0.25, 0.3) is 0 Å². The fraction of sp³-hybridized carbons (Fsp3) is 0.182. The smallest absolute Gasteiger partial charge is 0.341 e. The molecule has 2 aromatic rings. The van der Waals surface area contributed by atoms with Gasteiger partial charge in [0.1, 0.15) is 5.56 Å². The first-order chi connectivity index (χ1) is 7.63. The Morgan fingerprint density at radius 2 is 2.31 bits per heavy atom. The molecular formula is C11H10N2O3. The Labute approximate surface area is 90.8 Å². The van der Waals surface area contributed by atoms with E-state index in [2.05, 4.69) is 9.97 Å². The summed E-state index contributed by atoms with van der Waals surface area (Å²) < 4.78 is 0. The second kappa shape index (κ2) is 3.77. The molecule has 2 aromatic heterocycles. The molecule has 0 atom stereocenters. The molecule has 16 heavy (non-hydrogen) atoms. The lowest BCUT2D eigenvalue weighted by molar-refractivity contribution is 0.0695. The summed E-state index contributed by atoms with van der Waals surface area (Å²) in [6.07, 6.45) is 3.44. The minimum atomic E-state index is -1.22. The molecule has 2 heterocycles. The number of carboxylic acids is 1. The number of aromatic nitrogens is 2. The maximum Gasteiger partial charge on any atom is 0.341 e. The second-order valence-electron chi connectivity index (χ2n) is 3.41. The van der Waals surface area contributed by atoms with E-state index in [1.165, 1.54) is 6.20 Å². The van der Waals surface area contributed by atoms with Crippen LogP contribution < -0.4 is 5.43 Å². The molecule has 0 bridgehead atoms. The quantitative estimate of drug-likeness (QED) is 0.792. The van der Waals surface area contributed by atoms with E-state index in [0.29, 0.717) is 17.3 Å². The largest absolute Gasteiger partial charge is 0.477 e. The van der Waals surface area contributed by atoms with E-state index < -0.39 is 11.4 Å². The Balaban J connectivity index is 2.81. The third-order valence-electron chi connectivity index (χ3n) is 2.41. The molecule has 0 spiro atoms. The third-order valence-corrected chi connectivity index (χ3v) is 2.41. The second-order valence-corrected chi connectivity index (χ2v) is 3.41. The highest BCUT2D eigenvalue weighted by Crippen LogP contribution is 2.08. The lowest BCUT2D eigenvalue weighted by Gasteiger charge is -2.01. The number of hydrogen-bond donors (Lipinski definition) is 2. The molecule has 2 rings (SSSR count). The molecule has 0 radical (unpaired) electrons. The summed E-state index contributed by atoms with van der Waals surface area (Å²) in [5, 5.41) is 9.18. The Hall–Kier alpha value is -2.17. The van der Waals surface area contributed by atoms with Crippen molar-refractivity contribution in [2.24, 2.45) is 0 Å². The van der Waals surface area contributed by atoms with Gasteiger partial charge in [-0.15, -0.1) is 0 Å². The van der Waals surface area contributed by atoms with Crippen molar-refractivity contribution >= 4 is 16.9 Å². The molecule has 5 heteroatoms. The van der Waals surface area contributed by atoms with Crippen LogP contribution in [0.1, 0.15) is 23.0 Å². The number of pyridine rings is 2. The van der Waals surface area contributed by atoms with Crippen molar-refractivity contribution in [1.29, 1.82) is 0 Å². The van der Waals surface area contributed by atoms with Gasteiger partial charge in [-0.05, 0) is 12.5 Å². The van der Waals surface area contributed by atoms with Crippen molar-refractivity contribution in [2.45, 2.75) is 13.3 Å². The van der Waals surface area contributed by atoms with Crippen LogP contribution in [0.3, 0.4) is 0 Å². The number of fused-ring (bicyclic) bond motifs is 1. The van der Waals surface area contributed by atoms with Crippen molar-refractivity contribution < 1.29 is 9.90 Å². The van der Waals surface area contributed by atoms with Crippen molar-refractivity contribution in [3.8, 4) is 0 Å². The predicted octanol–water partition coefficient (Wildman–Crippen LogP) is 1.18. The van der Waals surface area contributed by atoms with Gasteiger partial charge in [0, 0.05) is 17.3 Å². The van der Waals surface area contributed by atoms with Crippen LogP contribution in [0.4, 0.5) is 0 Å². The lowest BCUT2D eigenvalue weighted by atomic mass is 10.1. The Kier molecular flexibility index (Phi) is 2.44. The highest BCUT2D eigenvalue weighted by atomic mass is 16.4. The van der Waals surface area contributed by atoms with Gasteiger partial charge in [0.05, 0.1) is 11.7 Å². The summed E-state index contributed by atoms with van der Waals surface area (Å²) in [5.74, 6) is -1.22. The van der Waals surface area contributed by atoms with Gasteiger partial charge >= 0.3 is 5.97 Å². The number of aryl methyl sites for hydroxylation is 1. The van der Waals surface area contributed by atoms with Crippen LogP contribution in [0.5, 0.6) is 0 Å². The van der Waals surface area contributed by atoms with Crippen LogP contribution in [-0.2, 0) is 6.42 Å². The van der Waals surface area contributed by atoms with Gasteiger partial charge < -0.3 is 10.1 Å². The Morgan fingerprint density at radius 3 is 2.94 bits per heavy atom. The highest BCUT2D eigenvalue weighted by molar-refractivity contribution is 5.92. The minimum Gasteiger partial charge on any atom is -0.477 e. The number of nitrogens with one attached hydrogen (secondary N) is 1. The van der Waals surface area contributed by atoms with Crippen LogP contribution in [0.15, 0.2) is 23.3 Å². The SMILES string of the molecule is CCc1cc2c(=O)c(C(=O)O)c[nH]c2cn1. The topological polar surface area (TPSA) is 83.0 Å². The molecule has 5 nitrogen and oxygen atoms in total.